The Kier molecular flexibility index (Phi) is 4.76. The zero-order valence-corrected chi connectivity index (χ0v) is 14.6. The molecule has 2 heteroatoms. The molecule has 0 aliphatic heterocycles. The van der Waals surface area contributed by atoms with Crippen LogP contribution in [-0.4, -0.2) is 4.33 Å². The summed E-state index contributed by atoms with van der Waals surface area (Å²) in [4.78, 5) is 0. The van der Waals surface area contributed by atoms with Gasteiger partial charge in [0.2, 0.25) is 0 Å². The Bertz CT molecular complexity index is 447. The molecule has 0 spiro atoms. The molecule has 0 nitrogen and oxygen atoms in total. The average molecular weight is 313 g/mol. The number of rotatable bonds is 6. The molecule has 0 N–H and O–H groups in total. The van der Waals surface area contributed by atoms with Crippen molar-refractivity contribution in [3.8, 4) is 0 Å². The van der Waals surface area contributed by atoms with Gasteiger partial charge in [-0.3, -0.25) is 0 Å². The van der Waals surface area contributed by atoms with Crippen molar-refractivity contribution in [2.75, 3.05) is 0 Å². The van der Waals surface area contributed by atoms with Crippen LogP contribution in [0.1, 0.15) is 51.2 Å². The van der Waals surface area contributed by atoms with Crippen LogP contribution in [0.5, 0.6) is 0 Å². The number of benzene rings is 1. The second-order valence-corrected chi connectivity index (χ2v) is 8.45. The second kappa shape index (κ2) is 5.89. The van der Waals surface area contributed by atoms with Gasteiger partial charge in [0.15, 0.2) is 0 Å². The van der Waals surface area contributed by atoms with Gasteiger partial charge < -0.3 is 0 Å². The van der Waals surface area contributed by atoms with E-state index in [1.54, 1.807) is 0 Å². The number of halogens is 2. The lowest BCUT2D eigenvalue weighted by molar-refractivity contribution is 0.409. The first-order chi connectivity index (χ1) is 9.27. The Balaban J connectivity index is 1.96. The van der Waals surface area contributed by atoms with Crippen LogP contribution in [0.3, 0.4) is 0 Å². The third-order valence-corrected chi connectivity index (χ3v) is 6.31. The highest BCUT2D eigenvalue weighted by molar-refractivity contribution is 6.51. The summed E-state index contributed by atoms with van der Waals surface area (Å²) in [6.07, 6.45) is 4.61. The van der Waals surface area contributed by atoms with Crippen LogP contribution >= 0.6 is 23.2 Å². The van der Waals surface area contributed by atoms with Crippen LogP contribution in [0.25, 0.3) is 0 Å². The van der Waals surface area contributed by atoms with E-state index >= 15 is 0 Å². The van der Waals surface area contributed by atoms with Gasteiger partial charge in [0.25, 0.3) is 0 Å². The zero-order chi connectivity index (χ0) is 15.0. The van der Waals surface area contributed by atoms with Gasteiger partial charge in [-0.1, -0.05) is 63.4 Å². The lowest BCUT2D eigenvalue weighted by atomic mass is 9.93. The lowest BCUT2D eigenvalue weighted by Gasteiger charge is -2.13. The van der Waals surface area contributed by atoms with E-state index in [1.807, 2.05) is 0 Å². The molecule has 1 aliphatic rings. The topological polar surface area (TPSA) is 0 Å². The Morgan fingerprint density at radius 1 is 1.15 bits per heavy atom. The fourth-order valence-corrected chi connectivity index (χ4v) is 4.19. The van der Waals surface area contributed by atoms with Crippen molar-refractivity contribution >= 4 is 23.2 Å². The first-order valence-corrected chi connectivity index (χ1v) is 8.46. The van der Waals surface area contributed by atoms with Crippen molar-refractivity contribution in [2.24, 2.45) is 17.3 Å². The molecule has 1 saturated carbocycles. The summed E-state index contributed by atoms with van der Waals surface area (Å²) in [5.74, 6) is 1.14. The molecule has 0 radical (unpaired) electrons. The van der Waals surface area contributed by atoms with Crippen LogP contribution in [0, 0.1) is 24.2 Å². The molecule has 0 saturated heterocycles. The van der Waals surface area contributed by atoms with Gasteiger partial charge in [-0.05, 0) is 31.2 Å². The summed E-state index contributed by atoms with van der Waals surface area (Å²) in [7, 11) is 0. The highest BCUT2D eigenvalue weighted by Gasteiger charge is 2.71. The molecule has 1 fully saturated rings. The van der Waals surface area contributed by atoms with E-state index in [0.717, 1.165) is 18.8 Å². The predicted molar refractivity (Wildman–Crippen MR) is 89.6 cm³/mol. The Morgan fingerprint density at radius 3 is 2.30 bits per heavy atom. The summed E-state index contributed by atoms with van der Waals surface area (Å²) < 4.78 is -0.547. The van der Waals surface area contributed by atoms with Gasteiger partial charge in [-0.15, -0.1) is 23.2 Å². The highest BCUT2D eigenvalue weighted by Crippen LogP contribution is 2.72. The summed E-state index contributed by atoms with van der Waals surface area (Å²) in [5.41, 5.74) is 2.72. The van der Waals surface area contributed by atoms with Crippen molar-refractivity contribution in [3.63, 3.8) is 0 Å². The molecule has 112 valence electrons. The third-order valence-electron chi connectivity index (χ3n) is 4.92. The van der Waals surface area contributed by atoms with Crippen molar-refractivity contribution in [1.82, 2.24) is 0 Å². The highest BCUT2D eigenvalue weighted by atomic mass is 35.5. The van der Waals surface area contributed by atoms with E-state index in [9.17, 15) is 0 Å². The summed E-state index contributed by atoms with van der Waals surface area (Å²) >= 11 is 13.2. The minimum atomic E-state index is -0.547. The number of aryl methyl sites for hydroxylation is 1. The SMILES string of the molecule is Cc1ccc(CC2C(Cl)(Cl)C2(C)CCCC(C)C)cc1. The maximum absolute atomic E-state index is 6.58. The van der Waals surface area contributed by atoms with Gasteiger partial charge in [-0.2, -0.15) is 0 Å². The smallest absolute Gasteiger partial charge is 0.101 e. The second-order valence-electron chi connectivity index (χ2n) is 7.07. The number of alkyl halides is 2. The Hall–Kier alpha value is -0.200. The standard InChI is InChI=1S/C18H26Cl2/c1-13(2)6-5-11-17(4)16(18(17,19)20)12-15-9-7-14(3)8-10-15/h7-10,13,16H,5-6,11-12H2,1-4H3. The fraction of sp³-hybridized carbons (Fsp3) is 0.667. The Morgan fingerprint density at radius 2 is 1.75 bits per heavy atom. The van der Waals surface area contributed by atoms with Gasteiger partial charge in [0.05, 0.1) is 0 Å². The van der Waals surface area contributed by atoms with Crippen molar-refractivity contribution in [3.05, 3.63) is 35.4 Å². The Labute approximate surface area is 133 Å². The van der Waals surface area contributed by atoms with Crippen molar-refractivity contribution in [1.29, 1.82) is 0 Å². The fourth-order valence-electron chi connectivity index (χ4n) is 3.21. The average Bonchev–Trinajstić information content (AvgIpc) is 2.76. The summed E-state index contributed by atoms with van der Waals surface area (Å²) in [5, 5.41) is 0. The first kappa shape index (κ1) is 16.2. The first-order valence-electron chi connectivity index (χ1n) is 7.70. The van der Waals surface area contributed by atoms with E-state index in [2.05, 4.69) is 52.0 Å². The molecule has 0 bridgehead atoms. The molecule has 1 aromatic carbocycles. The molecule has 0 heterocycles. The van der Waals surface area contributed by atoms with E-state index in [0.29, 0.717) is 5.92 Å². The van der Waals surface area contributed by atoms with Crippen LogP contribution in [0.2, 0.25) is 0 Å². The van der Waals surface area contributed by atoms with Gasteiger partial charge in [0.1, 0.15) is 4.33 Å². The van der Waals surface area contributed by atoms with Crippen molar-refractivity contribution < 1.29 is 0 Å². The third kappa shape index (κ3) is 3.17. The summed E-state index contributed by atoms with van der Waals surface area (Å²) in [6, 6.07) is 8.73. The molecule has 0 aromatic heterocycles. The van der Waals surface area contributed by atoms with Crippen LogP contribution < -0.4 is 0 Å². The lowest BCUT2D eigenvalue weighted by Crippen LogP contribution is -2.05. The molecule has 2 unspecified atom stereocenters. The van der Waals surface area contributed by atoms with E-state index in [1.165, 1.54) is 24.0 Å². The predicted octanol–water partition coefficient (Wildman–Crippen LogP) is 6.17. The largest absolute Gasteiger partial charge is 0.127 e. The maximum Gasteiger partial charge on any atom is 0.127 e. The molecule has 1 aliphatic carbocycles. The van der Waals surface area contributed by atoms with Crippen LogP contribution in [-0.2, 0) is 6.42 Å². The number of hydrogen-bond acceptors (Lipinski definition) is 0. The van der Waals surface area contributed by atoms with E-state index < -0.39 is 4.33 Å². The van der Waals surface area contributed by atoms with E-state index in [4.69, 9.17) is 23.2 Å². The molecular weight excluding hydrogens is 287 g/mol. The number of hydrogen-bond donors (Lipinski definition) is 0. The molecular formula is C18H26Cl2. The minimum Gasteiger partial charge on any atom is -0.101 e. The zero-order valence-electron chi connectivity index (χ0n) is 13.0. The quantitative estimate of drug-likeness (QED) is 0.551. The molecule has 1 aromatic rings. The maximum atomic E-state index is 6.58. The minimum absolute atomic E-state index is 0.0793. The molecule has 2 rings (SSSR count). The normalized spacial score (nSPS) is 27.9. The van der Waals surface area contributed by atoms with Gasteiger partial charge >= 0.3 is 0 Å². The molecule has 20 heavy (non-hydrogen) atoms. The van der Waals surface area contributed by atoms with Crippen molar-refractivity contribution in [2.45, 2.75) is 57.7 Å². The van der Waals surface area contributed by atoms with E-state index in [-0.39, 0.29) is 5.41 Å². The summed E-state index contributed by atoms with van der Waals surface area (Å²) in [6.45, 7) is 8.91. The van der Waals surface area contributed by atoms with Gasteiger partial charge in [-0.25, -0.2) is 0 Å². The monoisotopic (exact) mass is 312 g/mol. The molecule has 2 atom stereocenters. The van der Waals surface area contributed by atoms with Crippen LogP contribution in [0.4, 0.5) is 0 Å². The molecule has 0 amide bonds. The van der Waals surface area contributed by atoms with Gasteiger partial charge in [0, 0.05) is 11.3 Å². The van der Waals surface area contributed by atoms with Crippen LogP contribution in [0.15, 0.2) is 24.3 Å².